The smallest absolute Gasteiger partial charge is 0.144 e. The third-order valence-electron chi connectivity index (χ3n) is 3.82. The molecule has 2 aromatic rings. The molecule has 0 saturated heterocycles. The van der Waals surface area contributed by atoms with Crippen molar-refractivity contribution in [1.29, 1.82) is 5.26 Å². The molecule has 0 saturated carbocycles. The van der Waals surface area contributed by atoms with Crippen LogP contribution >= 0.6 is 0 Å². The van der Waals surface area contributed by atoms with Crippen LogP contribution in [0.1, 0.15) is 33.5 Å². The predicted octanol–water partition coefficient (Wildman–Crippen LogP) is 2.79. The Labute approximate surface area is 124 Å². The van der Waals surface area contributed by atoms with E-state index in [0.717, 1.165) is 24.3 Å². The van der Waals surface area contributed by atoms with E-state index in [1.165, 1.54) is 16.7 Å². The minimum Gasteiger partial charge on any atom is -0.365 e. The van der Waals surface area contributed by atoms with Gasteiger partial charge in [0.25, 0.3) is 0 Å². The van der Waals surface area contributed by atoms with E-state index in [-0.39, 0.29) is 0 Å². The van der Waals surface area contributed by atoms with Gasteiger partial charge in [-0.25, -0.2) is 4.98 Å². The number of fused-ring (bicyclic) bond motifs is 1. The van der Waals surface area contributed by atoms with Crippen molar-refractivity contribution >= 4 is 5.82 Å². The molecule has 3 rings (SSSR count). The zero-order valence-corrected chi connectivity index (χ0v) is 12.3. The van der Waals surface area contributed by atoms with Crippen LogP contribution in [0, 0.1) is 25.2 Å². The van der Waals surface area contributed by atoms with Crippen LogP contribution in [0.4, 0.5) is 5.82 Å². The van der Waals surface area contributed by atoms with Crippen molar-refractivity contribution in [2.75, 3.05) is 5.32 Å². The number of hydrogen-bond acceptors (Lipinski definition) is 4. The van der Waals surface area contributed by atoms with Gasteiger partial charge in [-0.1, -0.05) is 18.2 Å². The molecule has 0 radical (unpaired) electrons. The van der Waals surface area contributed by atoms with E-state index in [1.807, 2.05) is 19.9 Å². The molecule has 4 heteroatoms. The number of pyridine rings is 1. The van der Waals surface area contributed by atoms with Crippen molar-refractivity contribution in [3.8, 4) is 6.07 Å². The number of hydrogen-bond donors (Lipinski definition) is 2. The molecule has 1 aliphatic heterocycles. The molecular formula is C17H18N4. The van der Waals surface area contributed by atoms with E-state index < -0.39 is 0 Å². The summed E-state index contributed by atoms with van der Waals surface area (Å²) in [6.45, 7) is 6.46. The van der Waals surface area contributed by atoms with Crippen LogP contribution in [0.3, 0.4) is 0 Å². The quantitative estimate of drug-likeness (QED) is 0.906. The molecule has 0 atom stereocenters. The normalized spacial score (nSPS) is 12.8. The fourth-order valence-electron chi connectivity index (χ4n) is 2.75. The SMILES string of the molecule is Cc1cc(C)c(C#N)c(NCc2ccc3c(c2)CNC3)n1. The van der Waals surface area contributed by atoms with Gasteiger partial charge < -0.3 is 10.6 Å². The Bertz CT molecular complexity index is 728. The number of nitriles is 1. The summed E-state index contributed by atoms with van der Waals surface area (Å²) in [5.74, 6) is 0.675. The Hall–Kier alpha value is -2.38. The number of nitrogens with one attached hydrogen (secondary N) is 2. The van der Waals surface area contributed by atoms with E-state index >= 15 is 0 Å². The summed E-state index contributed by atoms with van der Waals surface area (Å²) < 4.78 is 0. The largest absolute Gasteiger partial charge is 0.365 e. The Morgan fingerprint density at radius 3 is 2.86 bits per heavy atom. The van der Waals surface area contributed by atoms with Crippen LogP contribution in [0.5, 0.6) is 0 Å². The molecule has 2 heterocycles. The standard InChI is InChI=1S/C17H18N4/c1-11-5-12(2)21-17(16(11)7-18)20-8-13-3-4-14-9-19-10-15(14)6-13/h3-6,19H,8-10H2,1-2H3,(H,20,21). The van der Waals surface area contributed by atoms with Gasteiger partial charge >= 0.3 is 0 Å². The fraction of sp³-hybridized carbons (Fsp3) is 0.294. The van der Waals surface area contributed by atoms with Gasteiger partial charge in [-0.15, -0.1) is 0 Å². The van der Waals surface area contributed by atoms with E-state index in [1.54, 1.807) is 0 Å². The first-order valence-corrected chi connectivity index (χ1v) is 7.11. The van der Waals surface area contributed by atoms with E-state index in [9.17, 15) is 5.26 Å². The highest BCUT2D eigenvalue weighted by molar-refractivity contribution is 5.56. The molecular weight excluding hydrogens is 260 g/mol. The molecule has 0 unspecified atom stereocenters. The Morgan fingerprint density at radius 1 is 1.24 bits per heavy atom. The average molecular weight is 278 g/mol. The van der Waals surface area contributed by atoms with Crippen molar-refractivity contribution in [3.05, 3.63) is 57.8 Å². The zero-order valence-electron chi connectivity index (χ0n) is 12.3. The maximum atomic E-state index is 9.28. The van der Waals surface area contributed by atoms with Gasteiger partial charge in [-0.2, -0.15) is 5.26 Å². The van der Waals surface area contributed by atoms with Gasteiger partial charge in [0.2, 0.25) is 0 Å². The van der Waals surface area contributed by atoms with Crippen LogP contribution in [0.2, 0.25) is 0 Å². The molecule has 21 heavy (non-hydrogen) atoms. The predicted molar refractivity (Wildman–Crippen MR) is 82.7 cm³/mol. The van der Waals surface area contributed by atoms with Crippen molar-refractivity contribution in [2.45, 2.75) is 33.5 Å². The lowest BCUT2D eigenvalue weighted by molar-refractivity contribution is 0.764. The molecule has 1 aromatic carbocycles. The third kappa shape index (κ3) is 2.74. The first kappa shape index (κ1) is 13.6. The molecule has 4 nitrogen and oxygen atoms in total. The molecule has 0 bridgehead atoms. The van der Waals surface area contributed by atoms with E-state index in [2.05, 4.69) is 39.9 Å². The summed E-state index contributed by atoms with van der Waals surface area (Å²) in [6, 6.07) is 10.7. The molecule has 1 aliphatic rings. The van der Waals surface area contributed by atoms with Gasteiger partial charge in [0.15, 0.2) is 0 Å². The van der Waals surface area contributed by atoms with Crippen molar-refractivity contribution in [2.24, 2.45) is 0 Å². The Kier molecular flexibility index (Phi) is 3.59. The molecule has 0 fully saturated rings. The van der Waals surface area contributed by atoms with Gasteiger partial charge in [0.1, 0.15) is 11.9 Å². The number of nitrogens with zero attached hydrogens (tertiary/aromatic N) is 2. The summed E-state index contributed by atoms with van der Waals surface area (Å²) in [4.78, 5) is 4.45. The van der Waals surface area contributed by atoms with Gasteiger partial charge in [-0.3, -0.25) is 0 Å². The maximum absolute atomic E-state index is 9.28. The third-order valence-corrected chi connectivity index (χ3v) is 3.82. The van der Waals surface area contributed by atoms with Crippen LogP contribution in [-0.2, 0) is 19.6 Å². The molecule has 106 valence electrons. The molecule has 0 spiro atoms. The van der Waals surface area contributed by atoms with Gasteiger partial charge in [0, 0.05) is 25.3 Å². The molecule has 2 N–H and O–H groups in total. The van der Waals surface area contributed by atoms with Crippen molar-refractivity contribution in [1.82, 2.24) is 10.3 Å². The number of rotatable bonds is 3. The van der Waals surface area contributed by atoms with Gasteiger partial charge in [0.05, 0.1) is 5.56 Å². The van der Waals surface area contributed by atoms with E-state index in [4.69, 9.17) is 0 Å². The second-order valence-corrected chi connectivity index (χ2v) is 5.48. The molecule has 0 aliphatic carbocycles. The summed E-state index contributed by atoms with van der Waals surface area (Å²) in [5.41, 5.74) is 6.47. The number of aryl methyl sites for hydroxylation is 2. The highest BCUT2D eigenvalue weighted by Gasteiger charge is 2.11. The summed E-state index contributed by atoms with van der Waals surface area (Å²) in [6.07, 6.45) is 0. The lowest BCUT2D eigenvalue weighted by Crippen LogP contribution is -2.06. The first-order chi connectivity index (χ1) is 10.2. The molecule has 0 amide bonds. The van der Waals surface area contributed by atoms with Crippen molar-refractivity contribution < 1.29 is 0 Å². The van der Waals surface area contributed by atoms with Crippen LogP contribution in [-0.4, -0.2) is 4.98 Å². The maximum Gasteiger partial charge on any atom is 0.144 e. The second kappa shape index (κ2) is 5.55. The monoisotopic (exact) mass is 278 g/mol. The van der Waals surface area contributed by atoms with E-state index in [0.29, 0.717) is 17.9 Å². The minimum atomic E-state index is 0.628. The summed E-state index contributed by atoms with van der Waals surface area (Å²) in [7, 11) is 0. The Balaban J connectivity index is 1.81. The highest BCUT2D eigenvalue weighted by Crippen LogP contribution is 2.20. The molecule has 1 aromatic heterocycles. The Morgan fingerprint density at radius 2 is 2.05 bits per heavy atom. The zero-order chi connectivity index (χ0) is 14.8. The lowest BCUT2D eigenvalue weighted by Gasteiger charge is -2.11. The topological polar surface area (TPSA) is 60.7 Å². The number of benzene rings is 1. The summed E-state index contributed by atoms with van der Waals surface area (Å²) >= 11 is 0. The van der Waals surface area contributed by atoms with Crippen molar-refractivity contribution in [3.63, 3.8) is 0 Å². The fourth-order valence-corrected chi connectivity index (χ4v) is 2.75. The second-order valence-electron chi connectivity index (χ2n) is 5.48. The lowest BCUT2D eigenvalue weighted by atomic mass is 10.1. The minimum absolute atomic E-state index is 0.628. The number of anilines is 1. The van der Waals surface area contributed by atoms with Crippen LogP contribution < -0.4 is 10.6 Å². The summed E-state index contributed by atoms with van der Waals surface area (Å²) in [5, 5.41) is 15.9. The van der Waals surface area contributed by atoms with Gasteiger partial charge in [-0.05, 0) is 42.2 Å². The first-order valence-electron chi connectivity index (χ1n) is 7.11. The average Bonchev–Trinajstić information content (AvgIpc) is 2.92. The van der Waals surface area contributed by atoms with Crippen LogP contribution in [0.15, 0.2) is 24.3 Å². The number of aromatic nitrogens is 1. The van der Waals surface area contributed by atoms with Crippen LogP contribution in [0.25, 0.3) is 0 Å². The highest BCUT2D eigenvalue weighted by atomic mass is 15.0.